The van der Waals surface area contributed by atoms with Gasteiger partial charge in [-0.3, -0.25) is 9.59 Å². The van der Waals surface area contributed by atoms with Gasteiger partial charge in [0.15, 0.2) is 0 Å². The third kappa shape index (κ3) is 11.3. The van der Waals surface area contributed by atoms with Gasteiger partial charge in [-0.2, -0.15) is 13.2 Å². The second kappa shape index (κ2) is 14.3. The van der Waals surface area contributed by atoms with Crippen LogP contribution in [0.3, 0.4) is 0 Å². The van der Waals surface area contributed by atoms with Crippen molar-refractivity contribution in [2.75, 3.05) is 7.11 Å². The number of alkyl halides is 3. The minimum atomic E-state index is -5.08. The van der Waals surface area contributed by atoms with E-state index in [0.29, 0.717) is 5.75 Å². The maximum absolute atomic E-state index is 12.1. The van der Waals surface area contributed by atoms with Crippen LogP contribution in [0.1, 0.15) is 17.5 Å². The van der Waals surface area contributed by atoms with E-state index in [1.54, 1.807) is 24.3 Å². The fourth-order valence-corrected chi connectivity index (χ4v) is 2.42. The summed E-state index contributed by atoms with van der Waals surface area (Å²) in [5.41, 5.74) is 7.59. The van der Waals surface area contributed by atoms with E-state index in [1.807, 2.05) is 30.3 Å². The van der Waals surface area contributed by atoms with Crippen LogP contribution >= 0.6 is 0 Å². The number of rotatable bonds is 9. The standard InChI is InChI=1S/C22H23NO6.C2HF3O2/c1-15(21(25)27-2)12-20(24)29-18-10-8-16(9-11-18)13-19(23)22(26)28-14-17-6-4-3-5-7-17;3-2(4,5)1(6)7/h3-11,19H,1,12-14,23H2,2H3;(H,6,7)/t19-;/m0./s1. The number of hydrogen-bond acceptors (Lipinski definition) is 8. The van der Waals surface area contributed by atoms with Crippen LogP contribution in [-0.2, 0) is 41.7 Å². The molecule has 0 fully saturated rings. The topological polar surface area (TPSA) is 142 Å². The van der Waals surface area contributed by atoms with E-state index in [9.17, 15) is 27.6 Å². The fraction of sp³-hybridized carbons (Fsp3) is 0.250. The minimum Gasteiger partial charge on any atom is -0.475 e. The minimum absolute atomic E-state index is 0.00843. The molecule has 0 aliphatic heterocycles. The number of ether oxygens (including phenoxy) is 3. The molecular weight excluding hydrogens is 487 g/mol. The fourth-order valence-electron chi connectivity index (χ4n) is 2.42. The van der Waals surface area contributed by atoms with Gasteiger partial charge in [-0.05, 0) is 29.7 Å². The van der Waals surface area contributed by atoms with Crippen molar-refractivity contribution in [2.45, 2.75) is 31.7 Å². The van der Waals surface area contributed by atoms with Crippen LogP contribution in [0.5, 0.6) is 5.75 Å². The zero-order valence-corrected chi connectivity index (χ0v) is 19.1. The number of hydrogen-bond donors (Lipinski definition) is 2. The summed E-state index contributed by atoms with van der Waals surface area (Å²) in [6.07, 6.45) is -5.08. The second-order valence-electron chi connectivity index (χ2n) is 7.10. The molecule has 0 bridgehead atoms. The van der Waals surface area contributed by atoms with Gasteiger partial charge >= 0.3 is 30.1 Å². The molecule has 0 aliphatic rings. The molecule has 36 heavy (non-hydrogen) atoms. The number of carbonyl (C=O) groups excluding carboxylic acids is 3. The first-order valence-electron chi connectivity index (χ1n) is 10.2. The lowest BCUT2D eigenvalue weighted by Gasteiger charge is -2.12. The van der Waals surface area contributed by atoms with E-state index in [0.717, 1.165) is 11.1 Å². The number of nitrogens with two attached hydrogens (primary N) is 1. The molecule has 0 aromatic heterocycles. The summed E-state index contributed by atoms with van der Waals surface area (Å²) >= 11 is 0. The highest BCUT2D eigenvalue weighted by Gasteiger charge is 2.38. The summed E-state index contributed by atoms with van der Waals surface area (Å²) in [6.45, 7) is 3.64. The highest BCUT2D eigenvalue weighted by atomic mass is 19.4. The molecule has 0 heterocycles. The average molecular weight is 511 g/mol. The Bertz CT molecular complexity index is 1050. The molecule has 194 valence electrons. The third-order valence-electron chi connectivity index (χ3n) is 4.21. The van der Waals surface area contributed by atoms with E-state index < -0.39 is 36.1 Å². The van der Waals surface area contributed by atoms with Gasteiger partial charge in [0.05, 0.1) is 13.5 Å². The molecule has 2 aromatic rings. The Morgan fingerprint density at radius 3 is 2.06 bits per heavy atom. The molecule has 0 spiro atoms. The first kappa shape index (κ1) is 29.8. The summed E-state index contributed by atoms with van der Waals surface area (Å²) in [6, 6.07) is 15.1. The van der Waals surface area contributed by atoms with Gasteiger partial charge in [0, 0.05) is 5.57 Å². The predicted molar refractivity (Wildman–Crippen MR) is 119 cm³/mol. The van der Waals surface area contributed by atoms with Crippen LogP contribution in [0.4, 0.5) is 13.2 Å². The van der Waals surface area contributed by atoms with Gasteiger partial charge in [-0.1, -0.05) is 49.0 Å². The summed E-state index contributed by atoms with van der Waals surface area (Å²) in [4.78, 5) is 44.0. The first-order chi connectivity index (χ1) is 16.8. The van der Waals surface area contributed by atoms with Crippen molar-refractivity contribution < 1.29 is 51.7 Å². The predicted octanol–water partition coefficient (Wildman–Crippen LogP) is 2.96. The van der Waals surface area contributed by atoms with Gasteiger partial charge in [0.2, 0.25) is 0 Å². The monoisotopic (exact) mass is 511 g/mol. The zero-order valence-electron chi connectivity index (χ0n) is 19.1. The lowest BCUT2D eigenvalue weighted by molar-refractivity contribution is -0.192. The number of methoxy groups -OCH3 is 1. The molecule has 2 rings (SSSR count). The van der Waals surface area contributed by atoms with E-state index in [4.69, 9.17) is 25.1 Å². The maximum Gasteiger partial charge on any atom is 0.490 e. The summed E-state index contributed by atoms with van der Waals surface area (Å²) in [5.74, 6) is -4.24. The molecule has 2 aromatic carbocycles. The van der Waals surface area contributed by atoms with Crippen LogP contribution in [0.25, 0.3) is 0 Å². The van der Waals surface area contributed by atoms with E-state index in [2.05, 4.69) is 11.3 Å². The van der Waals surface area contributed by atoms with E-state index in [1.165, 1.54) is 7.11 Å². The molecule has 0 aliphatic carbocycles. The van der Waals surface area contributed by atoms with Crippen LogP contribution < -0.4 is 10.5 Å². The largest absolute Gasteiger partial charge is 0.490 e. The number of carboxylic acid groups (broad SMARTS) is 1. The smallest absolute Gasteiger partial charge is 0.475 e. The molecule has 0 radical (unpaired) electrons. The number of carbonyl (C=O) groups is 4. The number of esters is 3. The van der Waals surface area contributed by atoms with Crippen molar-refractivity contribution in [3.63, 3.8) is 0 Å². The van der Waals surface area contributed by atoms with Crippen molar-refractivity contribution in [3.8, 4) is 5.75 Å². The lowest BCUT2D eigenvalue weighted by Crippen LogP contribution is -2.34. The number of benzene rings is 2. The van der Waals surface area contributed by atoms with Crippen molar-refractivity contribution in [2.24, 2.45) is 5.73 Å². The van der Waals surface area contributed by atoms with E-state index in [-0.39, 0.29) is 25.0 Å². The van der Waals surface area contributed by atoms with Crippen LogP contribution in [-0.4, -0.2) is 48.3 Å². The third-order valence-corrected chi connectivity index (χ3v) is 4.21. The van der Waals surface area contributed by atoms with Crippen LogP contribution in [0.15, 0.2) is 66.7 Å². The Hall–Kier alpha value is -4.19. The normalized spacial score (nSPS) is 11.2. The highest BCUT2D eigenvalue weighted by Crippen LogP contribution is 2.16. The highest BCUT2D eigenvalue weighted by molar-refractivity contribution is 5.93. The average Bonchev–Trinajstić information content (AvgIpc) is 2.83. The molecule has 12 heteroatoms. The number of halogens is 3. The molecule has 3 N–H and O–H groups in total. The summed E-state index contributed by atoms with van der Waals surface area (Å²) in [7, 11) is 1.21. The van der Waals surface area contributed by atoms with Gasteiger partial charge in [0.25, 0.3) is 0 Å². The molecule has 0 saturated heterocycles. The first-order valence-corrected chi connectivity index (χ1v) is 10.2. The molecule has 0 saturated carbocycles. The number of aliphatic carboxylic acids is 1. The Kier molecular flexibility index (Phi) is 11.8. The van der Waals surface area contributed by atoms with Crippen molar-refractivity contribution in [1.29, 1.82) is 0 Å². The molecule has 9 nitrogen and oxygen atoms in total. The molecule has 0 amide bonds. The zero-order chi connectivity index (χ0) is 27.3. The van der Waals surface area contributed by atoms with Gasteiger partial charge in [-0.25, -0.2) is 9.59 Å². The number of carboxylic acids is 1. The van der Waals surface area contributed by atoms with Crippen molar-refractivity contribution >= 4 is 23.9 Å². The van der Waals surface area contributed by atoms with Crippen LogP contribution in [0.2, 0.25) is 0 Å². The Morgan fingerprint density at radius 2 is 1.56 bits per heavy atom. The van der Waals surface area contributed by atoms with Gasteiger partial charge in [0.1, 0.15) is 18.4 Å². The SMILES string of the molecule is C=C(CC(=O)Oc1ccc(C[C@H](N)C(=O)OCc2ccccc2)cc1)C(=O)OC.O=C(O)C(F)(F)F. The van der Waals surface area contributed by atoms with Gasteiger partial charge in [-0.15, -0.1) is 0 Å². The summed E-state index contributed by atoms with van der Waals surface area (Å²) in [5, 5.41) is 7.12. The lowest BCUT2D eigenvalue weighted by atomic mass is 10.1. The van der Waals surface area contributed by atoms with E-state index >= 15 is 0 Å². The quantitative estimate of drug-likeness (QED) is 0.295. The van der Waals surface area contributed by atoms with Gasteiger partial charge < -0.3 is 25.1 Å². The maximum atomic E-state index is 12.1. The molecular formula is C24H24F3NO8. The van der Waals surface area contributed by atoms with Crippen LogP contribution in [0, 0.1) is 0 Å². The van der Waals surface area contributed by atoms with Crippen molar-refractivity contribution in [3.05, 3.63) is 77.9 Å². The molecule has 1 atom stereocenters. The Balaban J connectivity index is 0.000000809. The molecule has 0 unspecified atom stereocenters. The Morgan fingerprint density at radius 1 is 1.00 bits per heavy atom. The Labute approximate surface area is 204 Å². The second-order valence-corrected chi connectivity index (χ2v) is 7.10. The summed E-state index contributed by atoms with van der Waals surface area (Å²) < 4.78 is 46.6. The van der Waals surface area contributed by atoms with Crippen molar-refractivity contribution in [1.82, 2.24) is 0 Å².